The predicted molar refractivity (Wildman–Crippen MR) is 49.0 cm³/mol. The SMILES string of the molecule is CC(=O)c1nc(C2CCSC2)no1. The number of hydrogen-bond acceptors (Lipinski definition) is 5. The van der Waals surface area contributed by atoms with Crippen molar-refractivity contribution in [3.8, 4) is 0 Å². The summed E-state index contributed by atoms with van der Waals surface area (Å²) in [6, 6.07) is 0. The molecule has 1 fully saturated rings. The number of rotatable bonds is 2. The van der Waals surface area contributed by atoms with E-state index < -0.39 is 0 Å². The Bertz CT molecular complexity index is 318. The van der Waals surface area contributed by atoms with Crippen LogP contribution in [0.15, 0.2) is 4.52 Å². The standard InChI is InChI=1S/C8H10N2O2S/c1-5(11)8-9-7(10-12-8)6-2-3-13-4-6/h6H,2-4H2,1H3. The molecule has 0 spiro atoms. The zero-order chi connectivity index (χ0) is 9.26. The van der Waals surface area contributed by atoms with Crippen molar-refractivity contribution in [1.82, 2.24) is 10.1 Å². The minimum Gasteiger partial charge on any atom is -0.331 e. The van der Waals surface area contributed by atoms with E-state index in [9.17, 15) is 4.79 Å². The zero-order valence-electron chi connectivity index (χ0n) is 7.32. The monoisotopic (exact) mass is 198 g/mol. The van der Waals surface area contributed by atoms with Gasteiger partial charge in [0, 0.05) is 18.6 Å². The molecule has 70 valence electrons. The molecule has 0 N–H and O–H groups in total. The van der Waals surface area contributed by atoms with Gasteiger partial charge in [-0.25, -0.2) is 0 Å². The van der Waals surface area contributed by atoms with Crippen LogP contribution >= 0.6 is 11.8 Å². The Balaban J connectivity index is 2.16. The van der Waals surface area contributed by atoms with E-state index in [1.807, 2.05) is 11.8 Å². The summed E-state index contributed by atoms with van der Waals surface area (Å²) >= 11 is 1.89. The molecule has 13 heavy (non-hydrogen) atoms. The van der Waals surface area contributed by atoms with Crippen molar-refractivity contribution in [3.05, 3.63) is 11.7 Å². The lowest BCUT2D eigenvalue weighted by Crippen LogP contribution is -1.99. The largest absolute Gasteiger partial charge is 0.331 e. The Labute approximate surface area is 80.1 Å². The van der Waals surface area contributed by atoms with E-state index in [1.54, 1.807) is 0 Å². The molecule has 1 aromatic rings. The number of Topliss-reactive ketones (excluding diaryl/α,β-unsaturated/α-hetero) is 1. The lowest BCUT2D eigenvalue weighted by molar-refractivity contribution is 0.0972. The highest BCUT2D eigenvalue weighted by Crippen LogP contribution is 2.30. The van der Waals surface area contributed by atoms with E-state index in [0.29, 0.717) is 11.7 Å². The number of aromatic nitrogens is 2. The minimum atomic E-state index is -0.163. The Morgan fingerprint density at radius 2 is 2.54 bits per heavy atom. The Kier molecular flexibility index (Phi) is 2.35. The average Bonchev–Trinajstić information content (AvgIpc) is 2.75. The third-order valence-corrected chi connectivity index (χ3v) is 3.20. The molecule has 1 atom stereocenters. The van der Waals surface area contributed by atoms with Crippen molar-refractivity contribution in [2.75, 3.05) is 11.5 Å². The predicted octanol–water partition coefficient (Wildman–Crippen LogP) is 1.49. The van der Waals surface area contributed by atoms with E-state index in [1.165, 1.54) is 6.92 Å². The van der Waals surface area contributed by atoms with Crippen LogP contribution in [0, 0.1) is 0 Å². The number of ketones is 1. The molecule has 1 unspecified atom stereocenters. The van der Waals surface area contributed by atoms with Crippen LogP contribution in [0.3, 0.4) is 0 Å². The smallest absolute Gasteiger partial charge is 0.293 e. The second kappa shape index (κ2) is 3.49. The van der Waals surface area contributed by atoms with E-state index in [4.69, 9.17) is 4.52 Å². The maximum Gasteiger partial charge on any atom is 0.293 e. The summed E-state index contributed by atoms with van der Waals surface area (Å²) in [5.74, 6) is 3.22. The van der Waals surface area contributed by atoms with Crippen molar-refractivity contribution < 1.29 is 9.32 Å². The number of hydrogen-bond donors (Lipinski definition) is 0. The van der Waals surface area contributed by atoms with E-state index in [2.05, 4.69) is 10.1 Å². The fourth-order valence-corrected chi connectivity index (χ4v) is 2.50. The molecule has 1 saturated heterocycles. The van der Waals surface area contributed by atoms with Crippen molar-refractivity contribution in [2.45, 2.75) is 19.3 Å². The summed E-state index contributed by atoms with van der Waals surface area (Å²) in [6.07, 6.45) is 1.08. The normalized spacial score (nSPS) is 22.1. The van der Waals surface area contributed by atoms with Crippen LogP contribution in [-0.4, -0.2) is 27.4 Å². The van der Waals surface area contributed by atoms with E-state index in [-0.39, 0.29) is 11.7 Å². The van der Waals surface area contributed by atoms with Gasteiger partial charge in [-0.1, -0.05) is 5.16 Å². The van der Waals surface area contributed by atoms with Gasteiger partial charge < -0.3 is 4.52 Å². The molecular formula is C8H10N2O2S. The molecule has 0 bridgehead atoms. The molecule has 2 heterocycles. The summed E-state index contributed by atoms with van der Waals surface area (Å²) < 4.78 is 4.82. The van der Waals surface area contributed by atoms with Crippen LogP contribution in [0.4, 0.5) is 0 Å². The topological polar surface area (TPSA) is 56.0 Å². The second-order valence-electron chi connectivity index (χ2n) is 3.07. The molecule has 4 nitrogen and oxygen atoms in total. The van der Waals surface area contributed by atoms with Crippen LogP contribution in [0.25, 0.3) is 0 Å². The molecule has 1 aliphatic rings. The lowest BCUT2D eigenvalue weighted by Gasteiger charge is -1.97. The fraction of sp³-hybridized carbons (Fsp3) is 0.625. The summed E-state index contributed by atoms with van der Waals surface area (Å²) in [7, 11) is 0. The third kappa shape index (κ3) is 1.75. The number of carbonyl (C=O) groups is 1. The first-order valence-electron chi connectivity index (χ1n) is 4.19. The van der Waals surface area contributed by atoms with Crippen molar-refractivity contribution in [1.29, 1.82) is 0 Å². The molecular weight excluding hydrogens is 188 g/mol. The van der Waals surface area contributed by atoms with Gasteiger partial charge in [0.15, 0.2) is 5.82 Å². The van der Waals surface area contributed by atoms with Gasteiger partial charge in [0.05, 0.1) is 0 Å². The van der Waals surface area contributed by atoms with E-state index >= 15 is 0 Å². The Hall–Kier alpha value is -0.840. The van der Waals surface area contributed by atoms with Crippen molar-refractivity contribution in [2.24, 2.45) is 0 Å². The van der Waals surface area contributed by atoms with Crippen LogP contribution in [0.1, 0.15) is 35.8 Å². The summed E-state index contributed by atoms with van der Waals surface area (Å²) in [4.78, 5) is 14.9. The summed E-state index contributed by atoms with van der Waals surface area (Å²) in [6.45, 7) is 1.43. The maximum atomic E-state index is 10.9. The van der Waals surface area contributed by atoms with Crippen LogP contribution in [0.2, 0.25) is 0 Å². The highest BCUT2D eigenvalue weighted by molar-refractivity contribution is 7.99. The Morgan fingerprint density at radius 3 is 3.08 bits per heavy atom. The van der Waals surface area contributed by atoms with Gasteiger partial charge in [-0.3, -0.25) is 4.79 Å². The highest BCUT2D eigenvalue weighted by atomic mass is 32.2. The van der Waals surface area contributed by atoms with Gasteiger partial charge in [-0.05, 0) is 12.2 Å². The molecule has 0 amide bonds. The van der Waals surface area contributed by atoms with Gasteiger partial charge in [0.25, 0.3) is 5.89 Å². The van der Waals surface area contributed by atoms with Crippen molar-refractivity contribution >= 4 is 17.5 Å². The number of carbonyl (C=O) groups excluding carboxylic acids is 1. The first-order valence-corrected chi connectivity index (χ1v) is 5.35. The van der Waals surface area contributed by atoms with Crippen LogP contribution in [-0.2, 0) is 0 Å². The number of thioether (sulfide) groups is 1. The molecule has 1 aromatic heterocycles. The zero-order valence-corrected chi connectivity index (χ0v) is 8.13. The maximum absolute atomic E-state index is 10.9. The summed E-state index contributed by atoms with van der Waals surface area (Å²) in [5, 5.41) is 3.80. The average molecular weight is 198 g/mol. The van der Waals surface area contributed by atoms with Gasteiger partial charge in [0.1, 0.15) is 0 Å². The molecule has 2 rings (SSSR count). The molecule has 5 heteroatoms. The second-order valence-corrected chi connectivity index (χ2v) is 4.22. The van der Waals surface area contributed by atoms with Gasteiger partial charge in [-0.15, -0.1) is 0 Å². The van der Waals surface area contributed by atoms with Gasteiger partial charge in [-0.2, -0.15) is 16.7 Å². The van der Waals surface area contributed by atoms with Crippen molar-refractivity contribution in [3.63, 3.8) is 0 Å². The summed E-state index contributed by atoms with van der Waals surface area (Å²) in [5.41, 5.74) is 0. The fourth-order valence-electron chi connectivity index (χ4n) is 1.28. The minimum absolute atomic E-state index is 0.131. The number of nitrogens with zero attached hydrogens (tertiary/aromatic N) is 2. The van der Waals surface area contributed by atoms with Crippen LogP contribution < -0.4 is 0 Å². The highest BCUT2D eigenvalue weighted by Gasteiger charge is 2.23. The van der Waals surface area contributed by atoms with Crippen LogP contribution in [0.5, 0.6) is 0 Å². The molecule has 0 aromatic carbocycles. The lowest BCUT2D eigenvalue weighted by atomic mass is 10.1. The van der Waals surface area contributed by atoms with Gasteiger partial charge in [0.2, 0.25) is 5.78 Å². The molecule has 0 saturated carbocycles. The molecule has 0 aliphatic carbocycles. The molecule has 1 aliphatic heterocycles. The van der Waals surface area contributed by atoms with Gasteiger partial charge >= 0.3 is 0 Å². The first-order chi connectivity index (χ1) is 6.27. The van der Waals surface area contributed by atoms with E-state index in [0.717, 1.165) is 17.9 Å². The molecule has 0 radical (unpaired) electrons. The first kappa shape index (κ1) is 8.74. The quantitative estimate of drug-likeness (QED) is 0.674. The third-order valence-electron chi connectivity index (χ3n) is 2.04. The Morgan fingerprint density at radius 1 is 1.69 bits per heavy atom.